The smallest absolute Gasteiger partial charge is 0.433 e. The molecule has 1 N–H and O–H groups in total. The Morgan fingerprint density at radius 1 is 1.08 bits per heavy atom. The summed E-state index contributed by atoms with van der Waals surface area (Å²) >= 11 is 0. The Labute approximate surface area is 219 Å². The van der Waals surface area contributed by atoms with Gasteiger partial charge in [0.2, 0.25) is 0 Å². The van der Waals surface area contributed by atoms with Gasteiger partial charge >= 0.3 is 6.18 Å². The number of amides is 1. The number of rotatable bonds is 6. The van der Waals surface area contributed by atoms with Crippen molar-refractivity contribution in [2.45, 2.75) is 26.6 Å². The van der Waals surface area contributed by atoms with E-state index >= 15 is 0 Å². The van der Waals surface area contributed by atoms with E-state index in [1.54, 1.807) is 61.0 Å². The predicted molar refractivity (Wildman–Crippen MR) is 135 cm³/mol. The first-order valence-electron chi connectivity index (χ1n) is 11.8. The molecule has 0 atom stereocenters. The molecule has 1 amide bonds. The summed E-state index contributed by atoms with van der Waals surface area (Å²) < 4.78 is 63.3. The number of carbonyl (C=O) groups is 1. The Morgan fingerprint density at radius 3 is 2.46 bits per heavy atom. The number of benzene rings is 2. The van der Waals surface area contributed by atoms with E-state index in [0.717, 1.165) is 12.3 Å². The second-order valence-corrected chi connectivity index (χ2v) is 8.80. The van der Waals surface area contributed by atoms with Crippen LogP contribution >= 0.6 is 0 Å². The van der Waals surface area contributed by atoms with Gasteiger partial charge < -0.3 is 10.1 Å². The first kappa shape index (κ1) is 25.9. The maximum absolute atomic E-state index is 14.2. The molecule has 3 aromatic heterocycles. The molecule has 0 unspecified atom stereocenters. The number of alkyl halides is 3. The van der Waals surface area contributed by atoms with Gasteiger partial charge in [0.15, 0.2) is 11.3 Å². The number of nitrogens with one attached hydrogen (secondary N) is 1. The van der Waals surface area contributed by atoms with Crippen LogP contribution in [0.4, 0.5) is 23.2 Å². The van der Waals surface area contributed by atoms with Crippen LogP contribution in [0.15, 0.2) is 60.8 Å². The molecule has 3 heterocycles. The minimum absolute atomic E-state index is 0.0112. The fraction of sp³-hybridized carbons (Fsp3) is 0.185. The fourth-order valence-corrected chi connectivity index (χ4v) is 4.24. The van der Waals surface area contributed by atoms with Crippen LogP contribution in [-0.2, 0) is 12.7 Å². The third-order valence-corrected chi connectivity index (χ3v) is 6.29. The highest BCUT2D eigenvalue weighted by atomic mass is 19.4. The van der Waals surface area contributed by atoms with Crippen molar-refractivity contribution < 1.29 is 27.1 Å². The lowest BCUT2D eigenvalue weighted by molar-refractivity contribution is -0.142. The molecule has 0 fully saturated rings. The quantitative estimate of drug-likeness (QED) is 0.281. The van der Waals surface area contributed by atoms with Crippen molar-refractivity contribution >= 4 is 17.2 Å². The molecule has 8 nitrogen and oxygen atoms in total. The van der Waals surface area contributed by atoms with Gasteiger partial charge in [-0.2, -0.15) is 23.4 Å². The van der Waals surface area contributed by atoms with E-state index in [4.69, 9.17) is 4.74 Å². The van der Waals surface area contributed by atoms with Crippen LogP contribution in [0.5, 0.6) is 5.75 Å². The third kappa shape index (κ3) is 4.92. The van der Waals surface area contributed by atoms with Crippen LogP contribution in [0.3, 0.4) is 0 Å². The van der Waals surface area contributed by atoms with E-state index in [9.17, 15) is 22.4 Å². The lowest BCUT2D eigenvalue weighted by atomic mass is 10.1. The second-order valence-electron chi connectivity index (χ2n) is 8.80. The van der Waals surface area contributed by atoms with Crippen LogP contribution in [0.25, 0.3) is 16.9 Å². The van der Waals surface area contributed by atoms with E-state index in [0.29, 0.717) is 38.5 Å². The maximum Gasteiger partial charge on any atom is 0.433 e. The number of nitrogens with zero attached hydrogens (tertiary/aromatic N) is 5. The molecule has 2 aromatic carbocycles. The van der Waals surface area contributed by atoms with Crippen LogP contribution < -0.4 is 10.1 Å². The number of anilines is 1. The van der Waals surface area contributed by atoms with E-state index in [1.807, 2.05) is 0 Å². The van der Waals surface area contributed by atoms with Crippen molar-refractivity contribution in [2.75, 3.05) is 12.4 Å². The summed E-state index contributed by atoms with van der Waals surface area (Å²) in [5.41, 5.74) is 0.687. The zero-order chi connectivity index (χ0) is 27.9. The highest BCUT2D eigenvalue weighted by Gasteiger charge is 2.36. The van der Waals surface area contributed by atoms with Crippen molar-refractivity contribution in [3.8, 4) is 17.0 Å². The number of methoxy groups -OCH3 is 1. The monoisotopic (exact) mass is 538 g/mol. The number of hydrogen-bond acceptors (Lipinski definition) is 5. The van der Waals surface area contributed by atoms with Gasteiger partial charge in [0.05, 0.1) is 42.6 Å². The number of halogens is 4. The predicted octanol–water partition coefficient (Wildman–Crippen LogP) is 5.68. The molecule has 0 saturated heterocycles. The topological polar surface area (TPSA) is 86.3 Å². The zero-order valence-corrected chi connectivity index (χ0v) is 21.0. The molecule has 0 radical (unpaired) electrons. The summed E-state index contributed by atoms with van der Waals surface area (Å²) in [6.07, 6.45) is -3.72. The first-order chi connectivity index (χ1) is 18.6. The summed E-state index contributed by atoms with van der Waals surface area (Å²) in [5.74, 6) is -0.572. The van der Waals surface area contributed by atoms with Crippen LogP contribution in [-0.4, -0.2) is 37.4 Å². The number of hydrogen-bond donors (Lipinski definition) is 1. The molecule has 0 aliphatic heterocycles. The van der Waals surface area contributed by atoms with Gasteiger partial charge in [-0.05, 0) is 50.2 Å². The average Bonchev–Trinajstić information content (AvgIpc) is 3.45. The largest absolute Gasteiger partial charge is 0.497 e. The minimum atomic E-state index is -4.76. The van der Waals surface area contributed by atoms with Gasteiger partial charge in [0, 0.05) is 11.1 Å². The Hall–Kier alpha value is -4.74. The van der Waals surface area contributed by atoms with Crippen molar-refractivity contribution in [1.82, 2.24) is 24.4 Å². The number of aryl methyl sites for hydroxylation is 1. The number of fused-ring (bicyclic) bond motifs is 1. The van der Waals surface area contributed by atoms with Gasteiger partial charge in [0.25, 0.3) is 5.91 Å². The lowest BCUT2D eigenvalue weighted by Gasteiger charge is -2.12. The maximum atomic E-state index is 14.2. The highest BCUT2D eigenvalue weighted by molar-refractivity contribution is 6.08. The summed E-state index contributed by atoms with van der Waals surface area (Å²) in [6.45, 7) is 3.50. The number of aromatic nitrogens is 5. The molecule has 39 heavy (non-hydrogen) atoms. The first-order valence-corrected chi connectivity index (χ1v) is 11.8. The molecule has 0 aliphatic carbocycles. The molecule has 5 aromatic rings. The molecule has 0 bridgehead atoms. The van der Waals surface area contributed by atoms with Crippen LogP contribution in [0.2, 0.25) is 0 Å². The van der Waals surface area contributed by atoms with Gasteiger partial charge in [-0.25, -0.2) is 13.9 Å². The molecule has 0 spiro atoms. The normalized spacial score (nSPS) is 11.7. The second kappa shape index (κ2) is 9.86. The Morgan fingerprint density at radius 2 is 1.79 bits per heavy atom. The van der Waals surface area contributed by atoms with Gasteiger partial charge in [-0.15, -0.1) is 0 Å². The Balaban J connectivity index is 1.52. The molecular formula is C27H22F4N6O2. The van der Waals surface area contributed by atoms with Gasteiger partial charge in [-0.3, -0.25) is 9.48 Å². The summed E-state index contributed by atoms with van der Waals surface area (Å²) in [7, 11) is 1.48. The molecule has 12 heteroatoms. The summed E-state index contributed by atoms with van der Waals surface area (Å²) in [6, 6.07) is 13.5. The van der Waals surface area contributed by atoms with E-state index in [1.165, 1.54) is 13.2 Å². The standard InChI is InChI=1S/C27H22F4N6O2/c1-15-24(16(2)36(35-15)14-18-6-4-5-7-21(18)28)34-26(38)20-13-32-37-23(27(29,30)31)12-22(33-25(20)37)17-8-10-19(39-3)11-9-17/h4-13H,14H2,1-3H3,(H,34,38). The van der Waals surface area contributed by atoms with Gasteiger partial charge in [-0.1, -0.05) is 18.2 Å². The third-order valence-electron chi connectivity index (χ3n) is 6.29. The minimum Gasteiger partial charge on any atom is -0.497 e. The van der Waals surface area contributed by atoms with Gasteiger partial charge in [0.1, 0.15) is 17.1 Å². The number of ether oxygens (including phenoxy) is 1. The van der Waals surface area contributed by atoms with E-state index < -0.39 is 17.8 Å². The summed E-state index contributed by atoms with van der Waals surface area (Å²) in [5, 5.41) is 10.9. The lowest BCUT2D eigenvalue weighted by Crippen LogP contribution is -2.16. The van der Waals surface area contributed by atoms with Crippen molar-refractivity contribution in [1.29, 1.82) is 0 Å². The molecule has 5 rings (SSSR count). The summed E-state index contributed by atoms with van der Waals surface area (Å²) in [4.78, 5) is 17.7. The fourth-order valence-electron chi connectivity index (χ4n) is 4.24. The van der Waals surface area contributed by atoms with Crippen molar-refractivity contribution in [2.24, 2.45) is 0 Å². The molecule has 0 saturated carbocycles. The molecule has 0 aliphatic rings. The van der Waals surface area contributed by atoms with Crippen LogP contribution in [0, 0.1) is 19.7 Å². The molecular weight excluding hydrogens is 516 g/mol. The zero-order valence-electron chi connectivity index (χ0n) is 21.0. The Bertz CT molecular complexity index is 1690. The van der Waals surface area contributed by atoms with E-state index in [2.05, 4.69) is 20.5 Å². The van der Waals surface area contributed by atoms with Crippen molar-refractivity contribution in [3.05, 3.63) is 94.8 Å². The average molecular weight is 539 g/mol. The number of carbonyl (C=O) groups excluding carboxylic acids is 1. The molecule has 200 valence electrons. The van der Waals surface area contributed by atoms with E-state index in [-0.39, 0.29) is 29.3 Å². The van der Waals surface area contributed by atoms with Crippen LogP contribution in [0.1, 0.15) is 33.0 Å². The Kier molecular flexibility index (Phi) is 6.54. The SMILES string of the molecule is COc1ccc(-c2cc(C(F)(F)F)n3ncc(C(=O)Nc4c(C)nn(Cc5ccccc5F)c4C)c3n2)cc1. The highest BCUT2D eigenvalue weighted by Crippen LogP contribution is 2.33. The van der Waals surface area contributed by atoms with Crippen molar-refractivity contribution in [3.63, 3.8) is 0 Å².